The smallest absolute Gasteiger partial charge is 0.330 e. The van der Waals surface area contributed by atoms with Crippen LogP contribution in [0.5, 0.6) is 0 Å². The fourth-order valence-corrected chi connectivity index (χ4v) is 0.462. The maximum atomic E-state index is 10.1. The zero-order chi connectivity index (χ0) is 8.69. The molecule has 0 aliphatic carbocycles. The number of nitrogens with one attached hydrogen (secondary N) is 3. The van der Waals surface area contributed by atoms with Crippen molar-refractivity contribution in [2.45, 2.75) is 0 Å². The summed E-state index contributed by atoms with van der Waals surface area (Å²) in [6.07, 6.45) is 1.64. The SMILES string of the molecule is C=CCNC(=S)NNC(N)=O. The second-order valence-corrected chi connectivity index (χ2v) is 2.02. The number of amides is 2. The summed E-state index contributed by atoms with van der Waals surface area (Å²) < 4.78 is 0. The third-order valence-electron chi connectivity index (χ3n) is 0.706. The van der Waals surface area contributed by atoms with Gasteiger partial charge in [-0.25, -0.2) is 10.2 Å². The Bertz CT molecular complexity index is 170. The molecule has 0 aromatic rings. The second kappa shape index (κ2) is 5.48. The minimum absolute atomic E-state index is 0.295. The molecule has 0 unspecified atom stereocenters. The van der Waals surface area contributed by atoms with Gasteiger partial charge in [0.15, 0.2) is 5.11 Å². The van der Waals surface area contributed by atoms with E-state index in [1.807, 2.05) is 0 Å². The number of rotatable bonds is 2. The van der Waals surface area contributed by atoms with Crippen molar-refractivity contribution in [3.05, 3.63) is 12.7 Å². The predicted molar refractivity (Wildman–Crippen MR) is 46.7 cm³/mol. The van der Waals surface area contributed by atoms with E-state index in [-0.39, 0.29) is 0 Å². The molecule has 5 nitrogen and oxygen atoms in total. The topological polar surface area (TPSA) is 79.2 Å². The standard InChI is InChI=1S/C5H10N4OS/c1-2-3-7-5(11)9-8-4(6)10/h2H,1,3H2,(H3,6,8,10)(H2,7,9,11). The van der Waals surface area contributed by atoms with Crippen molar-refractivity contribution in [2.24, 2.45) is 5.73 Å². The van der Waals surface area contributed by atoms with E-state index in [0.29, 0.717) is 11.7 Å². The van der Waals surface area contributed by atoms with Crippen LogP contribution in [-0.4, -0.2) is 17.7 Å². The molecule has 0 radical (unpaired) electrons. The molecule has 0 rings (SSSR count). The Morgan fingerprint density at radius 2 is 2.27 bits per heavy atom. The summed E-state index contributed by atoms with van der Waals surface area (Å²) in [4.78, 5) is 10.1. The molecule has 0 aromatic heterocycles. The van der Waals surface area contributed by atoms with Gasteiger partial charge in [-0.15, -0.1) is 6.58 Å². The quantitative estimate of drug-likeness (QED) is 0.251. The summed E-state index contributed by atoms with van der Waals surface area (Å²) in [5.74, 6) is 0. The Hall–Kier alpha value is -1.30. The first-order valence-electron chi connectivity index (χ1n) is 2.87. The van der Waals surface area contributed by atoms with E-state index in [9.17, 15) is 4.79 Å². The summed E-state index contributed by atoms with van der Waals surface area (Å²) in [7, 11) is 0. The monoisotopic (exact) mass is 174 g/mol. The number of hydrazine groups is 1. The highest BCUT2D eigenvalue weighted by atomic mass is 32.1. The number of carbonyl (C=O) groups is 1. The van der Waals surface area contributed by atoms with Crippen molar-refractivity contribution >= 4 is 23.4 Å². The Balaban J connectivity index is 3.37. The molecule has 2 amide bonds. The third-order valence-corrected chi connectivity index (χ3v) is 0.953. The molecule has 0 saturated carbocycles. The van der Waals surface area contributed by atoms with Gasteiger partial charge in [-0.3, -0.25) is 5.43 Å². The van der Waals surface area contributed by atoms with Crippen molar-refractivity contribution in [3.8, 4) is 0 Å². The van der Waals surface area contributed by atoms with E-state index in [1.54, 1.807) is 6.08 Å². The fourth-order valence-electron chi connectivity index (χ4n) is 0.327. The molecular formula is C5H10N4OS. The van der Waals surface area contributed by atoms with Crippen LogP contribution in [0.1, 0.15) is 0 Å². The average Bonchev–Trinajstić information content (AvgIpc) is 1.97. The Morgan fingerprint density at radius 1 is 1.64 bits per heavy atom. The minimum atomic E-state index is -0.687. The maximum absolute atomic E-state index is 10.1. The largest absolute Gasteiger partial charge is 0.358 e. The predicted octanol–water partition coefficient (Wildman–Crippen LogP) is -0.780. The summed E-state index contributed by atoms with van der Waals surface area (Å²) in [5, 5.41) is 3.01. The molecule has 62 valence electrons. The zero-order valence-corrected chi connectivity index (χ0v) is 6.70. The Morgan fingerprint density at radius 3 is 2.73 bits per heavy atom. The number of primary amides is 1. The van der Waals surface area contributed by atoms with Gasteiger partial charge in [-0.1, -0.05) is 6.08 Å². The lowest BCUT2D eigenvalue weighted by Gasteiger charge is -2.07. The highest BCUT2D eigenvalue weighted by molar-refractivity contribution is 7.80. The number of thiocarbonyl (C=S) groups is 1. The van der Waals surface area contributed by atoms with Crippen LogP contribution in [0.4, 0.5) is 4.79 Å². The third kappa shape index (κ3) is 6.59. The second-order valence-electron chi connectivity index (χ2n) is 1.61. The molecule has 6 heteroatoms. The molecule has 0 aromatic carbocycles. The molecule has 0 aliphatic rings. The summed E-state index contributed by atoms with van der Waals surface area (Å²) >= 11 is 4.70. The van der Waals surface area contributed by atoms with Crippen molar-refractivity contribution in [2.75, 3.05) is 6.54 Å². The lowest BCUT2D eigenvalue weighted by Crippen LogP contribution is -2.48. The highest BCUT2D eigenvalue weighted by Crippen LogP contribution is 1.63. The van der Waals surface area contributed by atoms with Gasteiger partial charge in [-0.2, -0.15) is 0 Å². The van der Waals surface area contributed by atoms with E-state index in [4.69, 9.17) is 18.0 Å². The van der Waals surface area contributed by atoms with E-state index < -0.39 is 6.03 Å². The van der Waals surface area contributed by atoms with E-state index >= 15 is 0 Å². The Labute approximate surface area is 70.0 Å². The molecule has 0 aliphatic heterocycles. The van der Waals surface area contributed by atoms with Gasteiger partial charge >= 0.3 is 6.03 Å². The number of carbonyl (C=O) groups excluding carboxylic acids is 1. The van der Waals surface area contributed by atoms with Crippen LogP contribution in [0.3, 0.4) is 0 Å². The van der Waals surface area contributed by atoms with Crippen LogP contribution in [0.15, 0.2) is 12.7 Å². The van der Waals surface area contributed by atoms with Gasteiger partial charge in [-0.05, 0) is 12.2 Å². The van der Waals surface area contributed by atoms with E-state index in [2.05, 4.69) is 22.7 Å². The van der Waals surface area contributed by atoms with Crippen LogP contribution in [0, 0.1) is 0 Å². The molecule has 5 N–H and O–H groups in total. The van der Waals surface area contributed by atoms with Gasteiger partial charge in [0, 0.05) is 6.54 Å². The van der Waals surface area contributed by atoms with Gasteiger partial charge in [0.1, 0.15) is 0 Å². The first-order chi connectivity index (χ1) is 5.16. The highest BCUT2D eigenvalue weighted by Gasteiger charge is 1.92. The number of nitrogens with two attached hydrogens (primary N) is 1. The van der Waals surface area contributed by atoms with E-state index in [1.165, 1.54) is 0 Å². The molecule has 0 spiro atoms. The summed E-state index contributed by atoms with van der Waals surface area (Å²) in [5.41, 5.74) is 9.22. The normalized spacial score (nSPS) is 8.00. The van der Waals surface area contributed by atoms with Crippen molar-refractivity contribution < 1.29 is 4.79 Å². The molecular weight excluding hydrogens is 164 g/mol. The van der Waals surface area contributed by atoms with Gasteiger partial charge in [0.2, 0.25) is 0 Å². The molecule has 0 fully saturated rings. The Kier molecular flexibility index (Phi) is 4.83. The summed E-state index contributed by atoms with van der Waals surface area (Å²) in [6.45, 7) is 4.00. The lowest BCUT2D eigenvalue weighted by atomic mass is 10.6. The van der Waals surface area contributed by atoms with Crippen LogP contribution >= 0.6 is 12.2 Å². The average molecular weight is 174 g/mol. The first-order valence-corrected chi connectivity index (χ1v) is 3.28. The van der Waals surface area contributed by atoms with Gasteiger partial charge in [0.25, 0.3) is 0 Å². The van der Waals surface area contributed by atoms with Crippen molar-refractivity contribution in [1.29, 1.82) is 0 Å². The van der Waals surface area contributed by atoms with Crippen LogP contribution < -0.4 is 21.9 Å². The van der Waals surface area contributed by atoms with Crippen LogP contribution in [0.2, 0.25) is 0 Å². The molecule has 0 heterocycles. The number of hydrogen-bond donors (Lipinski definition) is 4. The summed E-state index contributed by atoms with van der Waals surface area (Å²) in [6, 6.07) is -0.687. The molecule has 0 atom stereocenters. The van der Waals surface area contributed by atoms with Crippen molar-refractivity contribution in [1.82, 2.24) is 16.2 Å². The van der Waals surface area contributed by atoms with Crippen molar-refractivity contribution in [3.63, 3.8) is 0 Å². The fraction of sp³-hybridized carbons (Fsp3) is 0.200. The lowest BCUT2D eigenvalue weighted by molar-refractivity contribution is 0.247. The molecule has 11 heavy (non-hydrogen) atoms. The zero-order valence-electron chi connectivity index (χ0n) is 5.89. The minimum Gasteiger partial charge on any atom is -0.358 e. The first kappa shape index (κ1) is 9.70. The van der Waals surface area contributed by atoms with Gasteiger partial charge in [0.05, 0.1) is 0 Å². The van der Waals surface area contributed by atoms with Crippen LogP contribution in [-0.2, 0) is 0 Å². The maximum Gasteiger partial charge on any atom is 0.330 e. The van der Waals surface area contributed by atoms with Gasteiger partial charge < -0.3 is 11.1 Å². The van der Waals surface area contributed by atoms with Crippen LogP contribution in [0.25, 0.3) is 0 Å². The molecule has 0 bridgehead atoms. The molecule has 0 saturated heterocycles. The number of urea groups is 1. The number of hydrogen-bond acceptors (Lipinski definition) is 2. The van der Waals surface area contributed by atoms with E-state index in [0.717, 1.165) is 0 Å².